The van der Waals surface area contributed by atoms with Gasteiger partial charge in [-0.1, -0.05) is 41.9 Å². The lowest BCUT2D eigenvalue weighted by Gasteiger charge is -2.06. The molecule has 0 aliphatic carbocycles. The van der Waals surface area contributed by atoms with Crippen molar-refractivity contribution in [3.05, 3.63) is 65.3 Å². The third-order valence-electron chi connectivity index (χ3n) is 3.75. The predicted octanol–water partition coefficient (Wildman–Crippen LogP) is 3.84. The molecular weight excluding hydrogens is 338 g/mol. The molecule has 25 heavy (non-hydrogen) atoms. The number of ether oxygens (including phenoxy) is 1. The summed E-state index contributed by atoms with van der Waals surface area (Å²) in [6.45, 7) is 2.80. The van der Waals surface area contributed by atoms with Crippen LogP contribution < -0.4 is 10.2 Å². The van der Waals surface area contributed by atoms with Crippen molar-refractivity contribution in [1.82, 2.24) is 9.99 Å². The topological polar surface area (TPSA) is 55.6 Å². The van der Waals surface area contributed by atoms with Crippen molar-refractivity contribution in [3.63, 3.8) is 0 Å². The van der Waals surface area contributed by atoms with Crippen molar-refractivity contribution in [3.8, 4) is 5.75 Å². The molecule has 6 heteroatoms. The first-order valence-corrected chi connectivity index (χ1v) is 8.34. The lowest BCUT2D eigenvalue weighted by Crippen LogP contribution is -2.24. The van der Waals surface area contributed by atoms with Crippen LogP contribution in [-0.2, 0) is 11.3 Å². The average Bonchev–Trinajstić information content (AvgIpc) is 2.99. The third kappa shape index (κ3) is 4.00. The van der Waals surface area contributed by atoms with Gasteiger partial charge < -0.3 is 9.30 Å². The second-order valence-electron chi connectivity index (χ2n) is 5.40. The summed E-state index contributed by atoms with van der Waals surface area (Å²) in [5, 5.41) is 5.58. The van der Waals surface area contributed by atoms with Crippen LogP contribution in [0.4, 0.5) is 0 Å². The van der Waals surface area contributed by atoms with Gasteiger partial charge in [0.15, 0.2) is 6.61 Å². The molecule has 2 aromatic carbocycles. The van der Waals surface area contributed by atoms with E-state index in [1.165, 1.54) is 0 Å². The fourth-order valence-electron chi connectivity index (χ4n) is 2.55. The quantitative estimate of drug-likeness (QED) is 0.539. The first kappa shape index (κ1) is 17.0. The molecule has 0 bridgehead atoms. The van der Waals surface area contributed by atoms with Crippen molar-refractivity contribution >= 4 is 34.6 Å². The Hall–Kier alpha value is -2.79. The molecule has 5 nitrogen and oxygen atoms in total. The Morgan fingerprint density at radius 2 is 2.00 bits per heavy atom. The highest BCUT2D eigenvalue weighted by atomic mass is 35.5. The fourth-order valence-corrected chi connectivity index (χ4v) is 2.74. The minimum atomic E-state index is -0.351. The number of benzene rings is 2. The second kappa shape index (κ2) is 7.85. The maximum atomic E-state index is 11.8. The van der Waals surface area contributed by atoms with Gasteiger partial charge in [0.05, 0.1) is 11.2 Å². The molecule has 3 aromatic rings. The standard InChI is InChI=1S/C19H18ClN3O2/c1-2-23-12-14(15-7-3-5-9-17(15)23)11-21-22-19(24)13-25-18-10-6-4-8-16(18)20/h3-12H,2,13H2,1H3,(H,22,24)/b21-11-. The Balaban J connectivity index is 1.62. The summed E-state index contributed by atoms with van der Waals surface area (Å²) in [7, 11) is 0. The Kier molecular flexibility index (Phi) is 5.36. The zero-order chi connectivity index (χ0) is 17.6. The SMILES string of the molecule is CCn1cc(/C=N\NC(=O)COc2ccccc2Cl)c2ccccc21. The van der Waals surface area contributed by atoms with E-state index in [4.69, 9.17) is 16.3 Å². The molecule has 0 aliphatic heterocycles. The monoisotopic (exact) mass is 355 g/mol. The normalized spacial score (nSPS) is 11.1. The summed E-state index contributed by atoms with van der Waals surface area (Å²) in [6, 6.07) is 15.1. The third-order valence-corrected chi connectivity index (χ3v) is 4.06. The molecule has 0 radical (unpaired) electrons. The Morgan fingerprint density at radius 1 is 1.24 bits per heavy atom. The molecule has 128 valence electrons. The summed E-state index contributed by atoms with van der Waals surface area (Å²) in [6.07, 6.45) is 3.66. The molecule has 0 aliphatic rings. The summed E-state index contributed by atoms with van der Waals surface area (Å²) in [5.41, 5.74) is 4.55. The molecule has 0 saturated carbocycles. The molecule has 1 N–H and O–H groups in total. The zero-order valence-electron chi connectivity index (χ0n) is 13.8. The average molecular weight is 356 g/mol. The first-order valence-electron chi connectivity index (χ1n) is 7.96. The van der Waals surface area contributed by atoms with Gasteiger partial charge in [0, 0.05) is 29.2 Å². The minimum absolute atomic E-state index is 0.155. The number of aryl methyl sites for hydroxylation is 1. The molecule has 0 fully saturated rings. The van der Waals surface area contributed by atoms with Gasteiger partial charge in [-0.3, -0.25) is 4.79 Å². The second-order valence-corrected chi connectivity index (χ2v) is 5.81. The number of fused-ring (bicyclic) bond motifs is 1. The highest BCUT2D eigenvalue weighted by molar-refractivity contribution is 6.32. The number of nitrogens with zero attached hydrogens (tertiary/aromatic N) is 2. The van der Waals surface area contributed by atoms with E-state index >= 15 is 0 Å². The largest absolute Gasteiger partial charge is 0.482 e. The molecule has 0 saturated heterocycles. The Morgan fingerprint density at radius 3 is 2.80 bits per heavy atom. The zero-order valence-corrected chi connectivity index (χ0v) is 14.5. The van der Waals surface area contributed by atoms with E-state index < -0.39 is 0 Å². The van der Waals surface area contributed by atoms with Gasteiger partial charge in [-0.2, -0.15) is 5.10 Å². The molecule has 0 unspecified atom stereocenters. The van der Waals surface area contributed by atoms with E-state index in [0.717, 1.165) is 23.0 Å². The van der Waals surface area contributed by atoms with E-state index in [-0.39, 0.29) is 12.5 Å². The van der Waals surface area contributed by atoms with Crippen LogP contribution in [0.25, 0.3) is 10.9 Å². The van der Waals surface area contributed by atoms with Gasteiger partial charge >= 0.3 is 0 Å². The lowest BCUT2D eigenvalue weighted by molar-refractivity contribution is -0.123. The maximum Gasteiger partial charge on any atom is 0.277 e. The van der Waals surface area contributed by atoms with Crippen molar-refractivity contribution < 1.29 is 9.53 Å². The first-order chi connectivity index (χ1) is 12.2. The molecule has 1 aromatic heterocycles. The number of aromatic nitrogens is 1. The molecule has 0 atom stereocenters. The highest BCUT2D eigenvalue weighted by Gasteiger charge is 2.06. The highest BCUT2D eigenvalue weighted by Crippen LogP contribution is 2.23. The number of carbonyl (C=O) groups excluding carboxylic acids is 1. The van der Waals surface area contributed by atoms with Gasteiger partial charge in [-0.25, -0.2) is 5.43 Å². The van der Waals surface area contributed by atoms with Crippen LogP contribution in [0.1, 0.15) is 12.5 Å². The molecule has 0 spiro atoms. The van der Waals surface area contributed by atoms with Gasteiger partial charge in [0.2, 0.25) is 0 Å². The predicted molar refractivity (Wildman–Crippen MR) is 100 cm³/mol. The number of hydrazone groups is 1. The number of hydrogen-bond acceptors (Lipinski definition) is 3. The summed E-state index contributed by atoms with van der Waals surface area (Å²) >= 11 is 5.97. The Bertz CT molecular complexity index is 918. The van der Waals surface area contributed by atoms with Gasteiger partial charge in [0.25, 0.3) is 5.91 Å². The van der Waals surface area contributed by atoms with Crippen molar-refractivity contribution in [2.24, 2.45) is 5.10 Å². The summed E-state index contributed by atoms with van der Waals surface area (Å²) in [5.74, 6) is 0.115. The van der Waals surface area contributed by atoms with Crippen LogP contribution in [0, 0.1) is 0 Å². The van der Waals surface area contributed by atoms with E-state index in [9.17, 15) is 4.79 Å². The van der Waals surface area contributed by atoms with Crippen molar-refractivity contribution in [1.29, 1.82) is 0 Å². The van der Waals surface area contributed by atoms with E-state index in [1.807, 2.05) is 24.4 Å². The van der Waals surface area contributed by atoms with Crippen LogP contribution in [0.3, 0.4) is 0 Å². The smallest absolute Gasteiger partial charge is 0.277 e. The number of carbonyl (C=O) groups is 1. The van der Waals surface area contributed by atoms with Crippen molar-refractivity contribution in [2.75, 3.05) is 6.61 Å². The number of amides is 1. The number of hydrogen-bond donors (Lipinski definition) is 1. The van der Waals surface area contributed by atoms with Gasteiger partial charge in [-0.05, 0) is 25.1 Å². The summed E-state index contributed by atoms with van der Waals surface area (Å²) < 4.78 is 7.51. The maximum absolute atomic E-state index is 11.8. The van der Waals surface area contributed by atoms with Crippen LogP contribution >= 0.6 is 11.6 Å². The van der Waals surface area contributed by atoms with Gasteiger partial charge in [-0.15, -0.1) is 0 Å². The van der Waals surface area contributed by atoms with Crippen LogP contribution in [0.2, 0.25) is 5.02 Å². The molecule has 1 heterocycles. The molecular formula is C19H18ClN3O2. The lowest BCUT2D eigenvalue weighted by atomic mass is 10.2. The van der Waals surface area contributed by atoms with E-state index in [1.54, 1.807) is 30.5 Å². The molecule has 1 amide bonds. The number of nitrogens with one attached hydrogen (secondary N) is 1. The Labute approximate surface area is 150 Å². The number of rotatable bonds is 6. The van der Waals surface area contributed by atoms with E-state index in [2.05, 4.69) is 28.1 Å². The van der Waals surface area contributed by atoms with E-state index in [0.29, 0.717) is 10.8 Å². The van der Waals surface area contributed by atoms with Gasteiger partial charge in [0.1, 0.15) is 5.75 Å². The number of halogens is 1. The summed E-state index contributed by atoms with van der Waals surface area (Å²) in [4.78, 5) is 11.8. The van der Waals surface area contributed by atoms with Crippen LogP contribution in [0.5, 0.6) is 5.75 Å². The van der Waals surface area contributed by atoms with Crippen LogP contribution in [-0.4, -0.2) is 23.3 Å². The number of para-hydroxylation sites is 2. The fraction of sp³-hybridized carbons (Fsp3) is 0.158. The molecule has 3 rings (SSSR count). The van der Waals surface area contributed by atoms with Crippen LogP contribution in [0.15, 0.2) is 59.8 Å². The van der Waals surface area contributed by atoms with Crippen molar-refractivity contribution in [2.45, 2.75) is 13.5 Å². The minimum Gasteiger partial charge on any atom is -0.482 e.